The second kappa shape index (κ2) is 7.37. The van der Waals surface area contributed by atoms with Crippen LogP contribution in [0.3, 0.4) is 0 Å². The highest BCUT2D eigenvalue weighted by Crippen LogP contribution is 2.35. The Labute approximate surface area is 152 Å². The van der Waals surface area contributed by atoms with Crippen molar-refractivity contribution in [2.24, 2.45) is 16.4 Å². The van der Waals surface area contributed by atoms with Crippen molar-refractivity contribution in [2.45, 2.75) is 38.0 Å². The van der Waals surface area contributed by atoms with Crippen LogP contribution in [0.4, 0.5) is 13.2 Å². The van der Waals surface area contributed by atoms with Crippen molar-refractivity contribution in [3.63, 3.8) is 0 Å². The molecule has 0 saturated heterocycles. The lowest BCUT2D eigenvalue weighted by molar-refractivity contribution is -0.161. The molecular weight excluding hydrogens is 367 g/mol. The monoisotopic (exact) mass is 385 g/mol. The van der Waals surface area contributed by atoms with E-state index in [1.54, 1.807) is 16.9 Å². The number of hydrogen-bond acceptors (Lipinski definition) is 5. The van der Waals surface area contributed by atoms with E-state index < -0.39 is 24.5 Å². The summed E-state index contributed by atoms with van der Waals surface area (Å²) in [5, 5.41) is 14.2. The lowest BCUT2D eigenvalue weighted by Crippen LogP contribution is -2.50. The van der Waals surface area contributed by atoms with Gasteiger partial charge in [0.25, 0.3) is 5.91 Å². The number of nitrogens with zero attached hydrogens (tertiary/aromatic N) is 5. The largest absolute Gasteiger partial charge is 0.408 e. The maximum atomic E-state index is 13.2. The Morgan fingerprint density at radius 2 is 2.22 bits per heavy atom. The van der Waals surface area contributed by atoms with Crippen molar-refractivity contribution in [1.82, 2.24) is 25.5 Å². The number of likely N-dealkylation sites (N-methyl/N-ethyl adjacent to an activating group) is 1. The summed E-state index contributed by atoms with van der Waals surface area (Å²) in [6, 6.07) is -0.436. The van der Waals surface area contributed by atoms with E-state index in [1.807, 2.05) is 10.7 Å². The van der Waals surface area contributed by atoms with E-state index in [2.05, 4.69) is 15.5 Å². The molecule has 0 spiro atoms. The van der Waals surface area contributed by atoms with Crippen LogP contribution >= 0.6 is 0 Å². The van der Waals surface area contributed by atoms with Crippen LogP contribution < -0.4 is 10.7 Å². The van der Waals surface area contributed by atoms with Crippen LogP contribution in [-0.4, -0.2) is 46.4 Å². The summed E-state index contributed by atoms with van der Waals surface area (Å²) in [4.78, 5) is 22.6. The normalized spacial score (nSPS) is 20.7. The average molecular weight is 385 g/mol. The highest BCUT2D eigenvalue weighted by molar-refractivity contribution is 6.02. The molecule has 0 radical (unpaired) electrons. The fraction of sp³-hybridized carbons (Fsp3) is 0.533. The lowest BCUT2D eigenvalue weighted by atomic mass is 9.96. The van der Waals surface area contributed by atoms with Gasteiger partial charge in [-0.25, -0.2) is 10.4 Å². The third kappa shape index (κ3) is 4.44. The molecule has 2 N–H and O–H groups in total. The maximum absolute atomic E-state index is 13.2. The van der Waals surface area contributed by atoms with Crippen molar-refractivity contribution < 1.29 is 22.8 Å². The van der Waals surface area contributed by atoms with Gasteiger partial charge in [0.1, 0.15) is 11.7 Å². The number of amides is 2. The number of aromatic nitrogens is 2. The van der Waals surface area contributed by atoms with E-state index in [4.69, 9.17) is 0 Å². The third-order valence-corrected chi connectivity index (χ3v) is 4.31. The van der Waals surface area contributed by atoms with Gasteiger partial charge in [0, 0.05) is 31.8 Å². The summed E-state index contributed by atoms with van der Waals surface area (Å²) >= 11 is 0. The van der Waals surface area contributed by atoms with Crippen molar-refractivity contribution >= 4 is 17.9 Å². The first-order valence-corrected chi connectivity index (χ1v) is 8.27. The van der Waals surface area contributed by atoms with Crippen LogP contribution in [-0.2, 0) is 16.1 Å². The number of carbonyl (C=O) groups excluding carboxylic acids is 2. The number of rotatable bonds is 7. The standard InChI is InChI=1S/C15H18F3N7O2/c1-24(23-22-19-8-26)13-10(6-12(15(16,17)18)20-14(13)27)11-4-5-25(21-11)7-9-2-3-9/h4-5,8-9,12H,2-3,6-7H2,1H3,(H,20,27)(H,19,23,26). The zero-order valence-electron chi connectivity index (χ0n) is 14.4. The van der Waals surface area contributed by atoms with Gasteiger partial charge in [-0.2, -0.15) is 18.3 Å². The van der Waals surface area contributed by atoms with E-state index >= 15 is 0 Å². The Balaban J connectivity index is 1.95. The Morgan fingerprint density at radius 1 is 1.48 bits per heavy atom. The molecule has 1 aromatic heterocycles. The maximum Gasteiger partial charge on any atom is 0.408 e. The zero-order chi connectivity index (χ0) is 19.6. The van der Waals surface area contributed by atoms with Crippen molar-refractivity contribution in [1.29, 1.82) is 0 Å². The minimum atomic E-state index is -4.60. The van der Waals surface area contributed by atoms with Gasteiger partial charge in [-0.15, -0.1) is 0 Å². The number of nitrogens with one attached hydrogen (secondary N) is 2. The van der Waals surface area contributed by atoms with Gasteiger partial charge in [0.05, 0.1) is 5.69 Å². The molecule has 2 amide bonds. The van der Waals surface area contributed by atoms with E-state index in [0.717, 1.165) is 17.9 Å². The molecule has 1 fully saturated rings. The summed E-state index contributed by atoms with van der Waals surface area (Å²) in [5.41, 5.74) is 2.22. The molecule has 3 rings (SSSR count). The summed E-state index contributed by atoms with van der Waals surface area (Å²) in [6.07, 6.45) is -0.910. The Morgan fingerprint density at radius 3 is 2.85 bits per heavy atom. The quantitative estimate of drug-likeness (QED) is 0.421. The number of alkyl halides is 3. The summed E-state index contributed by atoms with van der Waals surface area (Å²) in [5.74, 6) is -0.405. The Hall–Kier alpha value is -2.92. The number of carbonyl (C=O) groups is 2. The molecule has 1 aromatic rings. The van der Waals surface area contributed by atoms with Crippen LogP contribution in [0.25, 0.3) is 5.57 Å². The highest BCUT2D eigenvalue weighted by atomic mass is 19.4. The second-order valence-electron chi connectivity index (χ2n) is 6.43. The minimum Gasteiger partial charge on any atom is -0.339 e. The molecule has 0 aromatic carbocycles. The van der Waals surface area contributed by atoms with Gasteiger partial charge in [-0.1, -0.05) is 0 Å². The summed E-state index contributed by atoms with van der Waals surface area (Å²) in [6.45, 7) is 0.691. The van der Waals surface area contributed by atoms with E-state index in [1.165, 1.54) is 7.05 Å². The molecule has 2 aliphatic rings. The van der Waals surface area contributed by atoms with Crippen molar-refractivity contribution in [3.05, 3.63) is 23.7 Å². The van der Waals surface area contributed by atoms with Gasteiger partial charge in [-0.05, 0) is 35.3 Å². The molecule has 1 aliphatic heterocycles. The lowest BCUT2D eigenvalue weighted by Gasteiger charge is -2.30. The molecular formula is C15H18F3N7O2. The minimum absolute atomic E-state index is 0.108. The molecule has 146 valence electrons. The first-order valence-electron chi connectivity index (χ1n) is 8.27. The van der Waals surface area contributed by atoms with E-state index in [9.17, 15) is 22.8 Å². The molecule has 1 saturated carbocycles. The first kappa shape index (κ1) is 18.9. The summed E-state index contributed by atoms with van der Waals surface area (Å²) in [7, 11) is 1.35. The van der Waals surface area contributed by atoms with Gasteiger partial charge < -0.3 is 5.32 Å². The number of halogens is 3. The van der Waals surface area contributed by atoms with Crippen LogP contribution in [0.5, 0.6) is 0 Å². The average Bonchev–Trinajstić information content (AvgIpc) is 3.28. The SMILES string of the molecule is CN(/N=N\NC=O)C1=C(c2ccn(CC3CC3)n2)CC(C(F)(F)F)NC1=O. The molecule has 1 atom stereocenters. The predicted molar refractivity (Wildman–Crippen MR) is 86.3 cm³/mol. The van der Waals surface area contributed by atoms with Crippen molar-refractivity contribution in [2.75, 3.05) is 7.05 Å². The van der Waals surface area contributed by atoms with E-state index in [0.29, 0.717) is 12.5 Å². The van der Waals surface area contributed by atoms with Crippen molar-refractivity contribution in [3.8, 4) is 0 Å². The molecule has 2 heterocycles. The predicted octanol–water partition coefficient (Wildman–Crippen LogP) is 1.42. The van der Waals surface area contributed by atoms with Gasteiger partial charge in [0.2, 0.25) is 6.41 Å². The van der Waals surface area contributed by atoms with Crippen LogP contribution in [0.15, 0.2) is 28.4 Å². The smallest absolute Gasteiger partial charge is 0.339 e. The van der Waals surface area contributed by atoms with Crippen LogP contribution in [0.2, 0.25) is 0 Å². The van der Waals surface area contributed by atoms with E-state index in [-0.39, 0.29) is 23.4 Å². The topological polar surface area (TPSA) is 104 Å². The van der Waals surface area contributed by atoms with Gasteiger partial charge in [0.15, 0.2) is 0 Å². The first-order chi connectivity index (χ1) is 12.8. The Bertz CT molecular complexity index is 783. The van der Waals surface area contributed by atoms with Gasteiger partial charge in [-0.3, -0.25) is 14.3 Å². The zero-order valence-corrected chi connectivity index (χ0v) is 14.4. The van der Waals surface area contributed by atoms with Gasteiger partial charge >= 0.3 is 6.18 Å². The summed E-state index contributed by atoms with van der Waals surface area (Å²) < 4.78 is 41.3. The third-order valence-electron chi connectivity index (χ3n) is 4.31. The van der Waals surface area contributed by atoms with Crippen LogP contribution in [0.1, 0.15) is 25.0 Å². The fourth-order valence-electron chi connectivity index (χ4n) is 2.83. The van der Waals surface area contributed by atoms with Crippen LogP contribution in [0, 0.1) is 5.92 Å². The molecule has 0 bridgehead atoms. The molecule has 1 aliphatic carbocycles. The molecule has 12 heteroatoms. The number of hydrogen-bond donors (Lipinski definition) is 2. The highest BCUT2D eigenvalue weighted by Gasteiger charge is 2.45. The molecule has 27 heavy (non-hydrogen) atoms. The Kier molecular flexibility index (Phi) is 5.15. The fourth-order valence-corrected chi connectivity index (χ4v) is 2.83. The molecule has 9 nitrogen and oxygen atoms in total. The molecule has 1 unspecified atom stereocenters. The second-order valence-corrected chi connectivity index (χ2v) is 6.43.